The second kappa shape index (κ2) is 8.82. The number of benzene rings is 1. The summed E-state index contributed by atoms with van der Waals surface area (Å²) in [6.45, 7) is 4.35. The zero-order valence-electron chi connectivity index (χ0n) is 14.0. The van der Waals surface area contributed by atoms with Crippen molar-refractivity contribution in [1.29, 1.82) is 0 Å². The SMILES string of the molecule is CCNC(=NCc1ccc(OC)cc1)NCCc1cnn(C)c1. The van der Waals surface area contributed by atoms with Crippen LogP contribution in [0.3, 0.4) is 0 Å². The molecule has 124 valence electrons. The third-order valence-corrected chi connectivity index (χ3v) is 3.39. The number of methoxy groups -OCH3 is 1. The largest absolute Gasteiger partial charge is 0.497 e. The number of ether oxygens (including phenoxy) is 1. The second-order valence-electron chi connectivity index (χ2n) is 5.24. The van der Waals surface area contributed by atoms with Gasteiger partial charge in [-0.25, -0.2) is 4.99 Å². The Labute approximate surface area is 137 Å². The fourth-order valence-corrected chi connectivity index (χ4v) is 2.17. The van der Waals surface area contributed by atoms with E-state index in [1.54, 1.807) is 7.11 Å². The number of hydrogen-bond donors (Lipinski definition) is 2. The van der Waals surface area contributed by atoms with Crippen molar-refractivity contribution < 1.29 is 4.74 Å². The summed E-state index contributed by atoms with van der Waals surface area (Å²) in [6.07, 6.45) is 4.84. The van der Waals surface area contributed by atoms with Gasteiger partial charge >= 0.3 is 0 Å². The zero-order chi connectivity index (χ0) is 16.5. The summed E-state index contributed by atoms with van der Waals surface area (Å²) >= 11 is 0. The van der Waals surface area contributed by atoms with Gasteiger partial charge in [-0.3, -0.25) is 4.68 Å². The minimum atomic E-state index is 0.631. The van der Waals surface area contributed by atoms with Crippen LogP contribution in [-0.4, -0.2) is 35.9 Å². The van der Waals surface area contributed by atoms with E-state index in [1.165, 1.54) is 5.56 Å². The second-order valence-corrected chi connectivity index (χ2v) is 5.24. The van der Waals surface area contributed by atoms with Gasteiger partial charge in [0.05, 0.1) is 19.9 Å². The smallest absolute Gasteiger partial charge is 0.191 e. The van der Waals surface area contributed by atoms with Gasteiger partial charge in [0.1, 0.15) is 5.75 Å². The lowest BCUT2D eigenvalue weighted by molar-refractivity contribution is 0.414. The van der Waals surface area contributed by atoms with Gasteiger partial charge in [0.15, 0.2) is 5.96 Å². The lowest BCUT2D eigenvalue weighted by atomic mass is 10.2. The van der Waals surface area contributed by atoms with Crippen LogP contribution in [0.1, 0.15) is 18.1 Å². The maximum Gasteiger partial charge on any atom is 0.191 e. The fraction of sp³-hybridized carbons (Fsp3) is 0.412. The number of aromatic nitrogens is 2. The molecule has 0 saturated carbocycles. The minimum Gasteiger partial charge on any atom is -0.497 e. The molecule has 0 aliphatic rings. The topological polar surface area (TPSA) is 63.5 Å². The molecule has 0 aliphatic carbocycles. The molecule has 0 spiro atoms. The highest BCUT2D eigenvalue weighted by Gasteiger charge is 2.00. The van der Waals surface area contributed by atoms with Gasteiger partial charge in [-0.15, -0.1) is 0 Å². The van der Waals surface area contributed by atoms with E-state index in [0.29, 0.717) is 6.54 Å². The first kappa shape index (κ1) is 16.9. The van der Waals surface area contributed by atoms with Gasteiger partial charge in [0.2, 0.25) is 0 Å². The molecule has 2 N–H and O–H groups in total. The molecular weight excluding hydrogens is 290 g/mol. The van der Waals surface area contributed by atoms with Crippen LogP contribution >= 0.6 is 0 Å². The van der Waals surface area contributed by atoms with Crippen molar-refractivity contribution in [2.24, 2.45) is 12.0 Å². The molecule has 1 heterocycles. The number of nitrogens with zero attached hydrogens (tertiary/aromatic N) is 3. The van der Waals surface area contributed by atoms with Crippen LogP contribution in [0.25, 0.3) is 0 Å². The average molecular weight is 315 g/mol. The molecule has 0 radical (unpaired) electrons. The summed E-state index contributed by atoms with van der Waals surface area (Å²) in [5.74, 6) is 1.69. The van der Waals surface area contributed by atoms with Gasteiger partial charge in [0, 0.05) is 26.3 Å². The highest BCUT2D eigenvalue weighted by molar-refractivity contribution is 5.79. The van der Waals surface area contributed by atoms with Crippen molar-refractivity contribution >= 4 is 5.96 Å². The van der Waals surface area contributed by atoms with Crippen LogP contribution in [0.2, 0.25) is 0 Å². The van der Waals surface area contributed by atoms with E-state index >= 15 is 0 Å². The molecule has 2 rings (SSSR count). The van der Waals surface area contributed by atoms with E-state index in [0.717, 1.165) is 36.8 Å². The summed E-state index contributed by atoms with van der Waals surface area (Å²) in [4.78, 5) is 4.61. The highest BCUT2D eigenvalue weighted by atomic mass is 16.5. The molecule has 0 atom stereocenters. The van der Waals surface area contributed by atoms with Crippen molar-refractivity contribution in [2.75, 3.05) is 20.2 Å². The first-order valence-corrected chi connectivity index (χ1v) is 7.84. The predicted molar refractivity (Wildman–Crippen MR) is 92.7 cm³/mol. The highest BCUT2D eigenvalue weighted by Crippen LogP contribution is 2.11. The number of hydrogen-bond acceptors (Lipinski definition) is 3. The lowest BCUT2D eigenvalue weighted by Crippen LogP contribution is -2.38. The van der Waals surface area contributed by atoms with Crippen LogP contribution in [0.15, 0.2) is 41.7 Å². The van der Waals surface area contributed by atoms with E-state index in [-0.39, 0.29) is 0 Å². The molecular formula is C17H25N5O. The van der Waals surface area contributed by atoms with Crippen LogP contribution in [0, 0.1) is 0 Å². The van der Waals surface area contributed by atoms with E-state index in [9.17, 15) is 0 Å². The van der Waals surface area contributed by atoms with Crippen molar-refractivity contribution in [1.82, 2.24) is 20.4 Å². The number of guanidine groups is 1. The Morgan fingerprint density at radius 3 is 2.61 bits per heavy atom. The van der Waals surface area contributed by atoms with Crippen molar-refractivity contribution in [3.8, 4) is 5.75 Å². The number of aryl methyl sites for hydroxylation is 1. The standard InChI is InChI=1S/C17H25N5O/c1-4-18-17(19-10-9-15-12-21-22(2)13-15)20-11-14-5-7-16(23-3)8-6-14/h5-8,12-13H,4,9-11H2,1-3H3,(H2,18,19,20). The maximum atomic E-state index is 5.16. The van der Waals surface area contributed by atoms with Crippen LogP contribution in [-0.2, 0) is 20.0 Å². The quantitative estimate of drug-likeness (QED) is 0.603. The molecule has 23 heavy (non-hydrogen) atoms. The Morgan fingerprint density at radius 1 is 1.22 bits per heavy atom. The van der Waals surface area contributed by atoms with E-state index in [4.69, 9.17) is 4.74 Å². The third kappa shape index (κ3) is 5.65. The zero-order valence-corrected chi connectivity index (χ0v) is 14.0. The summed E-state index contributed by atoms with van der Waals surface area (Å²) in [5, 5.41) is 10.8. The molecule has 0 saturated heterocycles. The fourth-order valence-electron chi connectivity index (χ4n) is 2.17. The Hall–Kier alpha value is -2.50. The molecule has 6 heteroatoms. The predicted octanol–water partition coefficient (Wildman–Crippen LogP) is 1.73. The van der Waals surface area contributed by atoms with E-state index in [1.807, 2.05) is 48.4 Å². The van der Waals surface area contributed by atoms with E-state index in [2.05, 4.69) is 27.6 Å². The Kier molecular flexibility index (Phi) is 6.47. The Balaban J connectivity index is 1.85. The molecule has 1 aromatic carbocycles. The Bertz CT molecular complexity index is 618. The molecule has 0 bridgehead atoms. The molecule has 6 nitrogen and oxygen atoms in total. The first-order chi connectivity index (χ1) is 11.2. The first-order valence-electron chi connectivity index (χ1n) is 7.84. The number of aliphatic imine (C=N–C) groups is 1. The summed E-state index contributed by atoms with van der Waals surface area (Å²) in [5.41, 5.74) is 2.36. The van der Waals surface area contributed by atoms with Crippen LogP contribution in [0.4, 0.5) is 0 Å². The number of rotatable bonds is 7. The molecule has 1 aromatic heterocycles. The van der Waals surface area contributed by atoms with Crippen LogP contribution in [0.5, 0.6) is 5.75 Å². The van der Waals surface area contributed by atoms with Gasteiger partial charge in [-0.05, 0) is 36.6 Å². The van der Waals surface area contributed by atoms with Crippen molar-refractivity contribution in [3.63, 3.8) is 0 Å². The van der Waals surface area contributed by atoms with Gasteiger partial charge < -0.3 is 15.4 Å². The van der Waals surface area contributed by atoms with Gasteiger partial charge in [-0.1, -0.05) is 12.1 Å². The Morgan fingerprint density at radius 2 is 2.00 bits per heavy atom. The average Bonchev–Trinajstić information content (AvgIpc) is 2.98. The summed E-state index contributed by atoms with van der Waals surface area (Å²) in [7, 11) is 3.60. The van der Waals surface area contributed by atoms with Crippen molar-refractivity contribution in [2.45, 2.75) is 19.9 Å². The van der Waals surface area contributed by atoms with Crippen LogP contribution < -0.4 is 15.4 Å². The maximum absolute atomic E-state index is 5.16. The third-order valence-electron chi connectivity index (χ3n) is 3.39. The van der Waals surface area contributed by atoms with Gasteiger partial charge in [0.25, 0.3) is 0 Å². The summed E-state index contributed by atoms with van der Waals surface area (Å²) < 4.78 is 6.98. The molecule has 0 amide bonds. The molecule has 0 aliphatic heterocycles. The summed E-state index contributed by atoms with van der Waals surface area (Å²) in [6, 6.07) is 7.96. The normalized spacial score (nSPS) is 11.3. The van der Waals surface area contributed by atoms with E-state index < -0.39 is 0 Å². The monoisotopic (exact) mass is 315 g/mol. The molecule has 0 fully saturated rings. The number of nitrogens with one attached hydrogen (secondary N) is 2. The lowest BCUT2D eigenvalue weighted by Gasteiger charge is -2.11. The molecule has 2 aromatic rings. The van der Waals surface area contributed by atoms with Gasteiger partial charge in [-0.2, -0.15) is 5.10 Å². The van der Waals surface area contributed by atoms with Crippen molar-refractivity contribution in [3.05, 3.63) is 47.8 Å². The molecule has 0 unspecified atom stereocenters. The minimum absolute atomic E-state index is 0.631.